The number of rotatable bonds is 2. The predicted molar refractivity (Wildman–Crippen MR) is 137 cm³/mol. The average molecular weight is 525 g/mol. The van der Waals surface area contributed by atoms with E-state index in [2.05, 4.69) is 10.2 Å². The van der Waals surface area contributed by atoms with Crippen molar-refractivity contribution in [2.75, 3.05) is 62.2 Å². The van der Waals surface area contributed by atoms with Crippen LogP contribution in [0.15, 0.2) is 36.4 Å². The molecule has 2 aromatic carbocycles. The SMILES string of the molecule is CC(C)(C)OC(=O)N1CCCN(c2ccc(F)c(F)c2)CC1.Fc1ccc(N2CCCNCC2)cc1F. The molecule has 0 atom stereocenters. The van der Waals surface area contributed by atoms with E-state index in [1.54, 1.807) is 17.0 Å². The average Bonchev–Trinajstić information content (AvgIpc) is 3.26. The number of carbonyl (C=O) groups is 1. The standard InChI is InChI=1S/C16H22F2N2O2.C11H14F2N2/c1-16(2,3)22-15(21)20-8-4-7-19(9-10-20)12-5-6-13(17)14(18)11-12;12-10-3-2-9(8-11(10)13)15-6-1-4-14-5-7-15/h5-6,11H,4,7-10H2,1-3H3;2-3,8,14H,1,4-7H2. The molecule has 0 radical (unpaired) electrons. The Kier molecular flexibility index (Phi) is 10.0. The summed E-state index contributed by atoms with van der Waals surface area (Å²) in [6, 6.07) is 7.95. The lowest BCUT2D eigenvalue weighted by atomic mass is 10.2. The maximum absolute atomic E-state index is 13.3. The Hall–Kier alpha value is -3.01. The maximum Gasteiger partial charge on any atom is 0.410 e. The molecule has 10 heteroatoms. The Morgan fingerprint density at radius 1 is 0.730 bits per heavy atom. The molecule has 2 saturated heterocycles. The summed E-state index contributed by atoms with van der Waals surface area (Å²) in [6.45, 7) is 11.4. The third-order valence-corrected chi connectivity index (χ3v) is 6.02. The van der Waals surface area contributed by atoms with Gasteiger partial charge in [-0.3, -0.25) is 0 Å². The van der Waals surface area contributed by atoms with Crippen molar-refractivity contribution in [3.63, 3.8) is 0 Å². The molecule has 0 unspecified atom stereocenters. The molecule has 6 nitrogen and oxygen atoms in total. The van der Waals surface area contributed by atoms with Crippen LogP contribution in [0.1, 0.15) is 33.6 Å². The fourth-order valence-electron chi connectivity index (χ4n) is 4.15. The first-order valence-electron chi connectivity index (χ1n) is 12.6. The molecule has 2 aliphatic heterocycles. The molecule has 0 spiro atoms. The van der Waals surface area contributed by atoms with Crippen molar-refractivity contribution in [2.45, 2.75) is 39.2 Å². The summed E-state index contributed by atoms with van der Waals surface area (Å²) < 4.78 is 57.5. The lowest BCUT2D eigenvalue weighted by Gasteiger charge is -2.27. The van der Waals surface area contributed by atoms with Gasteiger partial charge in [-0.1, -0.05) is 0 Å². The van der Waals surface area contributed by atoms with Crippen LogP contribution in [0.5, 0.6) is 0 Å². The van der Waals surface area contributed by atoms with Crippen LogP contribution in [-0.2, 0) is 4.74 Å². The molecule has 2 aromatic rings. The van der Waals surface area contributed by atoms with Crippen molar-refractivity contribution in [2.24, 2.45) is 0 Å². The van der Waals surface area contributed by atoms with Crippen LogP contribution in [0, 0.1) is 23.3 Å². The third kappa shape index (κ3) is 8.80. The molecular formula is C27H36F4N4O2. The van der Waals surface area contributed by atoms with Gasteiger partial charge in [-0.05, 0) is 64.4 Å². The second-order valence-corrected chi connectivity index (χ2v) is 10.1. The molecule has 1 N–H and O–H groups in total. The molecule has 0 aliphatic carbocycles. The van der Waals surface area contributed by atoms with Crippen LogP contribution in [0.25, 0.3) is 0 Å². The lowest BCUT2D eigenvalue weighted by molar-refractivity contribution is 0.0263. The number of benzene rings is 2. The second kappa shape index (κ2) is 13.0. The van der Waals surface area contributed by atoms with Crippen LogP contribution in [-0.4, -0.2) is 69.0 Å². The van der Waals surface area contributed by atoms with E-state index in [1.165, 1.54) is 18.2 Å². The third-order valence-electron chi connectivity index (χ3n) is 6.02. The van der Waals surface area contributed by atoms with Crippen LogP contribution < -0.4 is 15.1 Å². The Morgan fingerprint density at radius 2 is 1.30 bits per heavy atom. The second-order valence-electron chi connectivity index (χ2n) is 10.1. The van der Waals surface area contributed by atoms with Gasteiger partial charge in [-0.15, -0.1) is 0 Å². The summed E-state index contributed by atoms with van der Waals surface area (Å²) in [5.41, 5.74) is 0.867. The van der Waals surface area contributed by atoms with Gasteiger partial charge in [0, 0.05) is 69.3 Å². The van der Waals surface area contributed by atoms with E-state index >= 15 is 0 Å². The highest BCUT2D eigenvalue weighted by Gasteiger charge is 2.24. The monoisotopic (exact) mass is 524 g/mol. The minimum absolute atomic E-state index is 0.334. The van der Waals surface area contributed by atoms with E-state index in [4.69, 9.17) is 4.74 Å². The van der Waals surface area contributed by atoms with Gasteiger partial charge in [-0.25, -0.2) is 22.4 Å². The summed E-state index contributed by atoms with van der Waals surface area (Å²) in [7, 11) is 0. The van der Waals surface area contributed by atoms with Crippen molar-refractivity contribution in [1.29, 1.82) is 0 Å². The zero-order valence-electron chi connectivity index (χ0n) is 21.7. The number of carbonyl (C=O) groups excluding carboxylic acids is 1. The number of halogens is 4. The summed E-state index contributed by atoms with van der Waals surface area (Å²) in [4.78, 5) is 17.8. The molecule has 204 valence electrons. The van der Waals surface area contributed by atoms with Gasteiger partial charge < -0.3 is 24.8 Å². The van der Waals surface area contributed by atoms with Crippen LogP contribution in [0.3, 0.4) is 0 Å². The van der Waals surface area contributed by atoms with Gasteiger partial charge in [0.1, 0.15) is 5.60 Å². The van der Waals surface area contributed by atoms with Crippen molar-refractivity contribution in [3.8, 4) is 0 Å². The fraction of sp³-hybridized carbons (Fsp3) is 0.519. The van der Waals surface area contributed by atoms with E-state index < -0.39 is 28.9 Å². The number of nitrogens with zero attached hydrogens (tertiary/aromatic N) is 3. The number of nitrogens with one attached hydrogen (secondary N) is 1. The van der Waals surface area contributed by atoms with Crippen LogP contribution >= 0.6 is 0 Å². The van der Waals surface area contributed by atoms with E-state index in [0.717, 1.165) is 50.8 Å². The molecule has 0 saturated carbocycles. The lowest BCUT2D eigenvalue weighted by Crippen LogP contribution is -2.39. The van der Waals surface area contributed by atoms with Crippen molar-refractivity contribution in [1.82, 2.24) is 10.2 Å². The van der Waals surface area contributed by atoms with E-state index in [9.17, 15) is 22.4 Å². The van der Waals surface area contributed by atoms with Gasteiger partial charge >= 0.3 is 6.09 Å². The summed E-state index contributed by atoms with van der Waals surface area (Å²) in [5, 5.41) is 3.26. The van der Waals surface area contributed by atoms with Crippen molar-refractivity contribution >= 4 is 17.5 Å². The largest absolute Gasteiger partial charge is 0.444 e. The minimum Gasteiger partial charge on any atom is -0.444 e. The van der Waals surface area contributed by atoms with E-state index in [-0.39, 0.29) is 6.09 Å². The van der Waals surface area contributed by atoms with Crippen molar-refractivity contribution in [3.05, 3.63) is 59.7 Å². The van der Waals surface area contributed by atoms with Crippen LogP contribution in [0.4, 0.5) is 33.7 Å². The Balaban J connectivity index is 0.000000220. The highest BCUT2D eigenvalue weighted by Crippen LogP contribution is 2.21. The Morgan fingerprint density at radius 3 is 1.86 bits per heavy atom. The smallest absolute Gasteiger partial charge is 0.410 e. The number of ether oxygens (including phenoxy) is 1. The molecule has 0 bridgehead atoms. The zero-order valence-corrected chi connectivity index (χ0v) is 21.7. The fourth-order valence-corrected chi connectivity index (χ4v) is 4.15. The minimum atomic E-state index is -0.856. The first kappa shape index (κ1) is 28.6. The van der Waals surface area contributed by atoms with Gasteiger partial charge in [0.15, 0.2) is 23.3 Å². The normalized spacial score (nSPS) is 16.9. The van der Waals surface area contributed by atoms with Crippen LogP contribution in [0.2, 0.25) is 0 Å². The first-order chi connectivity index (χ1) is 17.5. The molecule has 4 rings (SSSR count). The summed E-state index contributed by atoms with van der Waals surface area (Å²) in [5.74, 6) is -3.27. The topological polar surface area (TPSA) is 48.1 Å². The Labute approximate surface area is 216 Å². The number of hydrogen-bond donors (Lipinski definition) is 1. The highest BCUT2D eigenvalue weighted by molar-refractivity contribution is 5.68. The predicted octanol–water partition coefficient (Wildman–Crippen LogP) is 5.18. The van der Waals surface area contributed by atoms with E-state index in [1.807, 2.05) is 25.7 Å². The molecule has 2 heterocycles. The quantitative estimate of drug-likeness (QED) is 0.549. The first-order valence-corrected chi connectivity index (χ1v) is 12.6. The zero-order chi connectivity index (χ0) is 27.0. The number of anilines is 2. The molecular weight excluding hydrogens is 488 g/mol. The Bertz CT molecular complexity index is 1040. The molecule has 0 aromatic heterocycles. The van der Waals surface area contributed by atoms with Gasteiger partial charge in [0.25, 0.3) is 0 Å². The maximum atomic E-state index is 13.3. The van der Waals surface area contributed by atoms with Crippen molar-refractivity contribution < 1.29 is 27.1 Å². The van der Waals surface area contributed by atoms with Gasteiger partial charge in [0.2, 0.25) is 0 Å². The highest BCUT2D eigenvalue weighted by atomic mass is 19.2. The van der Waals surface area contributed by atoms with E-state index in [0.29, 0.717) is 31.9 Å². The summed E-state index contributed by atoms with van der Waals surface area (Å²) >= 11 is 0. The summed E-state index contributed by atoms with van der Waals surface area (Å²) in [6.07, 6.45) is 1.44. The number of amides is 1. The molecule has 1 amide bonds. The van der Waals surface area contributed by atoms with Gasteiger partial charge in [-0.2, -0.15) is 0 Å². The molecule has 37 heavy (non-hydrogen) atoms. The van der Waals surface area contributed by atoms with Gasteiger partial charge in [0.05, 0.1) is 0 Å². The molecule has 2 aliphatic rings. The number of hydrogen-bond acceptors (Lipinski definition) is 5. The molecule has 2 fully saturated rings.